The molecule has 2 N–H and O–H groups in total. The maximum atomic E-state index is 12.2. The van der Waals surface area contributed by atoms with Crippen molar-refractivity contribution in [3.63, 3.8) is 0 Å². The molecule has 1 amide bonds. The molecule has 1 atom stereocenters. The van der Waals surface area contributed by atoms with E-state index in [9.17, 15) is 4.79 Å². The van der Waals surface area contributed by atoms with E-state index in [4.69, 9.17) is 19.1 Å². The number of rotatable bonds is 11. The standard InChI is InChI=1S/C23H34N4O5/c1-16-13-19(6-7-20(16)22(29)24-17(2)14-28)31-12-4-5-18-8-10-27(11-9-18)23-25-21(15-30-3)26-32-23/h6-7,13,17-18,28H,4-5,8-12,14-15H2,1-3H3,(H,24,29)/t17-/m1/s1. The molecule has 0 saturated carbocycles. The van der Waals surface area contributed by atoms with Crippen molar-refractivity contribution in [2.45, 2.75) is 52.2 Å². The van der Waals surface area contributed by atoms with Crippen LogP contribution in [0.4, 0.5) is 6.01 Å². The lowest BCUT2D eigenvalue weighted by atomic mass is 9.92. The summed E-state index contributed by atoms with van der Waals surface area (Å²) in [6, 6.07) is 5.79. The van der Waals surface area contributed by atoms with Crippen LogP contribution in [0.1, 0.15) is 54.4 Å². The first-order valence-electron chi connectivity index (χ1n) is 11.2. The van der Waals surface area contributed by atoms with Crippen LogP contribution in [0.2, 0.25) is 0 Å². The number of methoxy groups -OCH3 is 1. The van der Waals surface area contributed by atoms with E-state index in [0.717, 1.165) is 50.1 Å². The third-order valence-corrected chi connectivity index (χ3v) is 5.74. The van der Waals surface area contributed by atoms with Gasteiger partial charge in [-0.15, -0.1) is 0 Å². The predicted molar refractivity (Wildman–Crippen MR) is 120 cm³/mol. The smallest absolute Gasteiger partial charge is 0.324 e. The van der Waals surface area contributed by atoms with Crippen LogP contribution >= 0.6 is 0 Å². The maximum absolute atomic E-state index is 12.2. The highest BCUT2D eigenvalue weighted by Gasteiger charge is 2.23. The summed E-state index contributed by atoms with van der Waals surface area (Å²) < 4.78 is 16.3. The molecule has 32 heavy (non-hydrogen) atoms. The van der Waals surface area contributed by atoms with Gasteiger partial charge in [-0.2, -0.15) is 4.98 Å². The van der Waals surface area contributed by atoms with Crippen molar-refractivity contribution in [2.75, 3.05) is 38.3 Å². The van der Waals surface area contributed by atoms with Crippen molar-refractivity contribution in [3.05, 3.63) is 35.2 Å². The van der Waals surface area contributed by atoms with Gasteiger partial charge in [0.05, 0.1) is 13.2 Å². The summed E-state index contributed by atoms with van der Waals surface area (Å²) in [5.74, 6) is 1.83. The van der Waals surface area contributed by atoms with Crippen LogP contribution in [0.5, 0.6) is 5.75 Å². The van der Waals surface area contributed by atoms with Crippen molar-refractivity contribution in [3.8, 4) is 5.75 Å². The number of amides is 1. The topological polar surface area (TPSA) is 110 Å². The Bertz CT molecular complexity index is 864. The molecule has 1 aliphatic rings. The molecule has 1 aromatic heterocycles. The van der Waals surface area contributed by atoms with Crippen LogP contribution in [0.15, 0.2) is 22.7 Å². The minimum atomic E-state index is -0.273. The third-order valence-electron chi connectivity index (χ3n) is 5.74. The first kappa shape index (κ1) is 24.0. The van der Waals surface area contributed by atoms with Gasteiger partial charge in [0.1, 0.15) is 12.4 Å². The molecule has 1 fully saturated rings. The van der Waals surface area contributed by atoms with Gasteiger partial charge in [0.25, 0.3) is 5.91 Å². The molecular formula is C23H34N4O5. The zero-order valence-corrected chi connectivity index (χ0v) is 19.2. The number of ether oxygens (including phenoxy) is 2. The molecule has 0 radical (unpaired) electrons. The SMILES string of the molecule is COCc1noc(N2CCC(CCCOc3ccc(C(=O)N[C@H](C)CO)c(C)c3)CC2)n1. The summed E-state index contributed by atoms with van der Waals surface area (Å²) in [6.45, 7) is 6.40. The lowest BCUT2D eigenvalue weighted by molar-refractivity contribution is 0.0921. The molecule has 0 spiro atoms. The molecule has 0 unspecified atom stereocenters. The molecule has 3 rings (SSSR count). The minimum Gasteiger partial charge on any atom is -0.494 e. The number of nitrogens with one attached hydrogen (secondary N) is 1. The zero-order chi connectivity index (χ0) is 22.9. The Hall–Kier alpha value is -2.65. The number of hydrogen-bond acceptors (Lipinski definition) is 8. The summed E-state index contributed by atoms with van der Waals surface area (Å²) >= 11 is 0. The fourth-order valence-corrected chi connectivity index (χ4v) is 3.86. The van der Waals surface area contributed by atoms with Crippen molar-refractivity contribution in [2.24, 2.45) is 5.92 Å². The van der Waals surface area contributed by atoms with Gasteiger partial charge in [0.2, 0.25) is 0 Å². The van der Waals surface area contributed by atoms with Crippen LogP contribution < -0.4 is 15.0 Å². The number of anilines is 1. The second kappa shape index (κ2) is 11.8. The number of aliphatic hydroxyl groups is 1. The van der Waals surface area contributed by atoms with E-state index in [-0.39, 0.29) is 18.6 Å². The quantitative estimate of drug-likeness (QED) is 0.507. The fraction of sp³-hybridized carbons (Fsp3) is 0.609. The Morgan fingerprint density at radius 3 is 2.84 bits per heavy atom. The van der Waals surface area contributed by atoms with Crippen molar-refractivity contribution < 1.29 is 23.9 Å². The summed E-state index contributed by atoms with van der Waals surface area (Å²) in [7, 11) is 1.61. The summed E-state index contributed by atoms with van der Waals surface area (Å²) in [6.07, 6.45) is 4.29. The number of aromatic nitrogens is 2. The number of aryl methyl sites for hydroxylation is 1. The molecule has 2 aromatic rings. The van der Waals surface area contributed by atoms with Crippen molar-refractivity contribution in [1.29, 1.82) is 0 Å². The predicted octanol–water partition coefficient (Wildman–Crippen LogP) is 2.71. The molecule has 0 bridgehead atoms. The van der Waals surface area contributed by atoms with Crippen LogP contribution in [-0.4, -0.2) is 60.6 Å². The van der Waals surface area contributed by atoms with E-state index in [1.807, 2.05) is 19.1 Å². The van der Waals surface area contributed by atoms with Gasteiger partial charge < -0.3 is 29.3 Å². The number of benzene rings is 1. The van der Waals surface area contributed by atoms with Gasteiger partial charge in [0, 0.05) is 31.8 Å². The van der Waals surface area contributed by atoms with E-state index >= 15 is 0 Å². The first-order chi connectivity index (χ1) is 15.5. The van der Waals surface area contributed by atoms with Gasteiger partial charge in [-0.3, -0.25) is 4.79 Å². The molecule has 2 heterocycles. The minimum absolute atomic E-state index is 0.0860. The van der Waals surface area contributed by atoms with Crippen LogP contribution in [-0.2, 0) is 11.3 Å². The zero-order valence-electron chi connectivity index (χ0n) is 19.2. The third kappa shape index (κ3) is 6.67. The number of carbonyl (C=O) groups excluding carboxylic acids is 1. The highest BCUT2D eigenvalue weighted by molar-refractivity contribution is 5.95. The lowest BCUT2D eigenvalue weighted by Gasteiger charge is -2.30. The molecule has 1 aliphatic heterocycles. The Morgan fingerprint density at radius 2 is 2.16 bits per heavy atom. The number of hydrogen-bond donors (Lipinski definition) is 2. The number of nitrogens with zero attached hydrogens (tertiary/aromatic N) is 3. The van der Waals surface area contributed by atoms with Crippen LogP contribution in [0.3, 0.4) is 0 Å². The molecule has 1 saturated heterocycles. The van der Waals surface area contributed by atoms with Crippen molar-refractivity contribution in [1.82, 2.24) is 15.5 Å². The van der Waals surface area contributed by atoms with E-state index < -0.39 is 0 Å². The summed E-state index contributed by atoms with van der Waals surface area (Å²) in [4.78, 5) is 18.7. The van der Waals surface area contributed by atoms with Gasteiger partial charge >= 0.3 is 6.01 Å². The molecule has 176 valence electrons. The fourth-order valence-electron chi connectivity index (χ4n) is 3.86. The number of piperidine rings is 1. The van der Waals surface area contributed by atoms with Gasteiger partial charge in [-0.25, -0.2) is 0 Å². The Balaban J connectivity index is 1.36. The van der Waals surface area contributed by atoms with E-state index in [2.05, 4.69) is 20.4 Å². The number of aliphatic hydroxyl groups excluding tert-OH is 1. The van der Waals surface area contributed by atoms with E-state index in [0.29, 0.717) is 36.5 Å². The van der Waals surface area contributed by atoms with E-state index in [1.165, 1.54) is 0 Å². The van der Waals surface area contributed by atoms with Gasteiger partial charge in [-0.1, -0.05) is 5.16 Å². The van der Waals surface area contributed by atoms with Crippen LogP contribution in [0.25, 0.3) is 0 Å². The average molecular weight is 447 g/mol. The first-order valence-corrected chi connectivity index (χ1v) is 11.2. The molecule has 9 heteroatoms. The largest absolute Gasteiger partial charge is 0.494 e. The summed E-state index contributed by atoms with van der Waals surface area (Å²) in [5, 5.41) is 15.8. The monoisotopic (exact) mass is 446 g/mol. The highest BCUT2D eigenvalue weighted by Crippen LogP contribution is 2.25. The van der Waals surface area contributed by atoms with E-state index in [1.54, 1.807) is 20.1 Å². The second-order valence-corrected chi connectivity index (χ2v) is 8.38. The lowest BCUT2D eigenvalue weighted by Crippen LogP contribution is -2.35. The average Bonchev–Trinajstić information content (AvgIpc) is 3.26. The second-order valence-electron chi connectivity index (χ2n) is 8.38. The van der Waals surface area contributed by atoms with Gasteiger partial charge in [-0.05, 0) is 69.2 Å². The molecule has 9 nitrogen and oxygen atoms in total. The van der Waals surface area contributed by atoms with Crippen LogP contribution in [0, 0.1) is 12.8 Å². The number of carbonyl (C=O) groups is 1. The Morgan fingerprint density at radius 1 is 1.38 bits per heavy atom. The van der Waals surface area contributed by atoms with Gasteiger partial charge in [0.15, 0.2) is 5.82 Å². The Kier molecular flexibility index (Phi) is 8.87. The summed E-state index contributed by atoms with van der Waals surface area (Å²) in [5.41, 5.74) is 1.45. The maximum Gasteiger partial charge on any atom is 0.324 e. The Labute approximate surface area is 189 Å². The normalized spacial score (nSPS) is 15.6. The molecule has 1 aromatic carbocycles. The molecular weight excluding hydrogens is 412 g/mol. The van der Waals surface area contributed by atoms with Crippen molar-refractivity contribution >= 4 is 11.9 Å². The molecule has 0 aliphatic carbocycles. The highest BCUT2D eigenvalue weighted by atomic mass is 16.5.